The van der Waals surface area contributed by atoms with Crippen molar-refractivity contribution in [3.63, 3.8) is 0 Å². The molecule has 5 rings (SSSR count). The highest BCUT2D eigenvalue weighted by Crippen LogP contribution is 2.41. The van der Waals surface area contributed by atoms with E-state index in [2.05, 4.69) is 45.8 Å². The van der Waals surface area contributed by atoms with E-state index in [1.165, 1.54) is 29.7 Å². The van der Waals surface area contributed by atoms with E-state index < -0.39 is 0 Å². The van der Waals surface area contributed by atoms with Gasteiger partial charge in [-0.25, -0.2) is 9.50 Å². The first-order chi connectivity index (χ1) is 15.0. The van der Waals surface area contributed by atoms with Crippen LogP contribution in [0.5, 0.6) is 0 Å². The molecule has 3 aliphatic rings. The molecule has 2 N–H and O–H groups in total. The molecule has 7 nitrogen and oxygen atoms in total. The van der Waals surface area contributed by atoms with Crippen molar-refractivity contribution in [1.29, 1.82) is 0 Å². The van der Waals surface area contributed by atoms with Crippen LogP contribution in [0, 0.1) is 0 Å². The number of hydrogen-bond acceptors (Lipinski definition) is 6. The fourth-order valence-corrected chi connectivity index (χ4v) is 5.75. The number of methoxy groups -OCH3 is 1. The lowest BCUT2D eigenvalue weighted by Gasteiger charge is -2.30. The van der Waals surface area contributed by atoms with Gasteiger partial charge in [-0.05, 0) is 70.6 Å². The number of hydrogen-bond donors (Lipinski definition) is 2. The van der Waals surface area contributed by atoms with Crippen LogP contribution in [0.4, 0.5) is 5.95 Å². The van der Waals surface area contributed by atoms with E-state index in [1.54, 1.807) is 7.11 Å². The molecule has 0 aromatic carbocycles. The van der Waals surface area contributed by atoms with E-state index in [0.29, 0.717) is 30.6 Å². The van der Waals surface area contributed by atoms with Crippen molar-refractivity contribution in [1.82, 2.24) is 19.5 Å². The second kappa shape index (κ2) is 8.52. The molecular weight excluding hydrogens is 390 g/mol. The maximum atomic E-state index is 10.0. The number of aliphatic hydroxyl groups excluding tert-OH is 1. The maximum Gasteiger partial charge on any atom is 0.241 e. The molecule has 1 aliphatic carbocycles. The minimum atomic E-state index is -0.157. The number of nitrogens with zero attached hydrogens (tertiary/aromatic N) is 4. The molecule has 1 saturated heterocycles. The van der Waals surface area contributed by atoms with E-state index in [4.69, 9.17) is 9.84 Å². The summed E-state index contributed by atoms with van der Waals surface area (Å²) in [5.41, 5.74) is 5.10. The Balaban J connectivity index is 1.54. The molecule has 2 aromatic rings. The molecule has 1 saturated carbocycles. The van der Waals surface area contributed by atoms with Crippen molar-refractivity contribution in [2.24, 2.45) is 0 Å². The van der Waals surface area contributed by atoms with Crippen molar-refractivity contribution >= 4 is 17.0 Å². The standard InChI is InChI=1S/C24H35N5O2/c1-15(14-31-3)26-24-25-13-23-21(17-10-18-6-7-19(11-17)28(18)2)12-22(29(23)27-24)16-4-8-20(30)9-5-16/h10,12-13,15-16,18-20,30H,4-9,11,14H2,1-3H3,(H,26,27)/t15-,16-,18-,19+,20-/m0/s1. The fraction of sp³-hybridized carbons (Fsp3) is 0.667. The number of likely N-dealkylation sites (N-methyl/N-ethyl adjacent to an activating group) is 1. The number of aromatic nitrogens is 3. The minimum Gasteiger partial charge on any atom is -0.393 e. The SMILES string of the molecule is COC[C@H](C)Nc1ncc2c(C3=C[C@@H]4CC[C@H](C3)N4C)cc([C@H]3CC[C@H](O)CC3)n2n1. The van der Waals surface area contributed by atoms with E-state index in [1.807, 2.05) is 6.20 Å². The molecule has 0 radical (unpaired) electrons. The van der Waals surface area contributed by atoms with E-state index in [9.17, 15) is 5.11 Å². The highest BCUT2D eigenvalue weighted by atomic mass is 16.5. The highest BCUT2D eigenvalue weighted by Gasteiger charge is 2.35. The van der Waals surface area contributed by atoms with Gasteiger partial charge in [-0.2, -0.15) is 0 Å². The van der Waals surface area contributed by atoms with Gasteiger partial charge in [-0.15, -0.1) is 5.10 Å². The first-order valence-electron chi connectivity index (χ1n) is 11.8. The summed E-state index contributed by atoms with van der Waals surface area (Å²) >= 11 is 0. The summed E-state index contributed by atoms with van der Waals surface area (Å²) in [4.78, 5) is 7.18. The maximum absolute atomic E-state index is 10.0. The van der Waals surface area contributed by atoms with Crippen LogP contribution in [0.1, 0.15) is 69.0 Å². The largest absolute Gasteiger partial charge is 0.393 e. The monoisotopic (exact) mass is 425 g/mol. The highest BCUT2D eigenvalue weighted by molar-refractivity contribution is 5.80. The van der Waals surface area contributed by atoms with Crippen molar-refractivity contribution < 1.29 is 9.84 Å². The molecule has 0 unspecified atom stereocenters. The Morgan fingerprint density at radius 2 is 2.03 bits per heavy atom. The number of fused-ring (bicyclic) bond motifs is 3. The lowest BCUT2D eigenvalue weighted by atomic mass is 9.85. The number of rotatable bonds is 6. The molecule has 31 heavy (non-hydrogen) atoms. The normalized spacial score (nSPS) is 29.9. The summed E-state index contributed by atoms with van der Waals surface area (Å²) in [6.07, 6.45) is 11.7. The molecule has 0 amide bonds. The Labute approximate surface area is 184 Å². The van der Waals surface area contributed by atoms with Crippen LogP contribution < -0.4 is 5.32 Å². The van der Waals surface area contributed by atoms with Crippen LogP contribution >= 0.6 is 0 Å². The molecule has 0 spiro atoms. The summed E-state index contributed by atoms with van der Waals surface area (Å²) < 4.78 is 7.37. The van der Waals surface area contributed by atoms with Crippen molar-refractivity contribution in [2.75, 3.05) is 26.1 Å². The third kappa shape index (κ3) is 3.99. The molecule has 2 aliphatic heterocycles. The smallest absolute Gasteiger partial charge is 0.241 e. The van der Waals surface area contributed by atoms with E-state index in [-0.39, 0.29) is 12.1 Å². The first-order valence-corrected chi connectivity index (χ1v) is 11.8. The lowest BCUT2D eigenvalue weighted by molar-refractivity contribution is 0.121. The van der Waals surface area contributed by atoms with Crippen LogP contribution in [0.25, 0.3) is 11.1 Å². The molecule has 2 fully saturated rings. The van der Waals surface area contributed by atoms with Gasteiger partial charge in [0.15, 0.2) is 0 Å². The zero-order chi connectivity index (χ0) is 21.5. The third-order valence-electron chi connectivity index (χ3n) is 7.54. The predicted molar refractivity (Wildman–Crippen MR) is 122 cm³/mol. The fourth-order valence-electron chi connectivity index (χ4n) is 5.75. The van der Waals surface area contributed by atoms with Crippen LogP contribution in [-0.4, -0.2) is 69.6 Å². The van der Waals surface area contributed by atoms with E-state index >= 15 is 0 Å². The van der Waals surface area contributed by atoms with E-state index in [0.717, 1.165) is 37.6 Å². The van der Waals surface area contributed by atoms with Crippen LogP contribution in [0.15, 0.2) is 18.3 Å². The zero-order valence-electron chi connectivity index (χ0n) is 18.9. The Hall–Kier alpha value is -1.96. The van der Waals surface area contributed by atoms with Gasteiger partial charge >= 0.3 is 0 Å². The molecule has 2 bridgehead atoms. The van der Waals surface area contributed by atoms with Gasteiger partial charge in [0, 0.05) is 42.4 Å². The van der Waals surface area contributed by atoms with Gasteiger partial charge < -0.3 is 15.2 Å². The Morgan fingerprint density at radius 1 is 1.23 bits per heavy atom. The van der Waals surface area contributed by atoms with Gasteiger partial charge in [0.1, 0.15) is 0 Å². The van der Waals surface area contributed by atoms with Gasteiger partial charge in [0.25, 0.3) is 0 Å². The molecular formula is C24H35N5O2. The Kier molecular flexibility index (Phi) is 5.75. The lowest BCUT2D eigenvalue weighted by Crippen LogP contribution is -2.34. The molecule has 4 heterocycles. The number of ether oxygens (including phenoxy) is 1. The average Bonchev–Trinajstić information content (AvgIpc) is 3.20. The molecule has 2 aromatic heterocycles. The second-order valence-electron chi connectivity index (χ2n) is 9.73. The van der Waals surface area contributed by atoms with Gasteiger partial charge in [0.05, 0.1) is 24.4 Å². The van der Waals surface area contributed by atoms with Gasteiger partial charge in [-0.3, -0.25) is 4.90 Å². The van der Waals surface area contributed by atoms with Crippen LogP contribution in [0.2, 0.25) is 0 Å². The Morgan fingerprint density at radius 3 is 2.77 bits per heavy atom. The predicted octanol–water partition coefficient (Wildman–Crippen LogP) is 3.44. The summed E-state index contributed by atoms with van der Waals surface area (Å²) in [6.45, 7) is 2.68. The molecule has 3 atom stereocenters. The number of nitrogens with one attached hydrogen (secondary N) is 1. The first kappa shape index (κ1) is 20.9. The topological polar surface area (TPSA) is 74.9 Å². The van der Waals surface area contributed by atoms with Crippen molar-refractivity contribution in [2.45, 2.75) is 82.0 Å². The third-order valence-corrected chi connectivity index (χ3v) is 7.54. The summed E-state index contributed by atoms with van der Waals surface area (Å²) in [6, 6.07) is 3.70. The van der Waals surface area contributed by atoms with Crippen LogP contribution in [-0.2, 0) is 4.74 Å². The summed E-state index contributed by atoms with van der Waals surface area (Å²) in [5, 5.41) is 18.3. The molecule has 7 heteroatoms. The number of anilines is 1. The average molecular weight is 426 g/mol. The van der Waals surface area contributed by atoms with Crippen LogP contribution in [0.3, 0.4) is 0 Å². The Bertz CT molecular complexity index is 962. The van der Waals surface area contributed by atoms with Gasteiger partial charge in [0.2, 0.25) is 5.95 Å². The zero-order valence-corrected chi connectivity index (χ0v) is 18.9. The summed E-state index contributed by atoms with van der Waals surface area (Å²) in [5.74, 6) is 1.06. The quantitative estimate of drug-likeness (QED) is 0.738. The van der Waals surface area contributed by atoms with Crippen molar-refractivity contribution in [3.05, 3.63) is 29.6 Å². The summed E-state index contributed by atoms with van der Waals surface area (Å²) in [7, 11) is 3.97. The van der Waals surface area contributed by atoms with Gasteiger partial charge in [-0.1, -0.05) is 6.08 Å². The second-order valence-corrected chi connectivity index (χ2v) is 9.73. The van der Waals surface area contributed by atoms with Crippen molar-refractivity contribution in [3.8, 4) is 0 Å². The number of aliphatic hydroxyl groups is 1. The minimum absolute atomic E-state index is 0.137. The molecule has 168 valence electrons.